The molecule has 2 aromatic rings. The van der Waals surface area contributed by atoms with E-state index in [2.05, 4.69) is 50.9 Å². The standard InChI is InChI=1S/C13H12BrNOS/c14-11-4-13(17-8-11)5-15-12-2-1-9-6-16-7-10(9)3-12/h1-4,8,15H,5-7H2. The van der Waals surface area contributed by atoms with Crippen molar-refractivity contribution in [2.45, 2.75) is 19.8 Å². The van der Waals surface area contributed by atoms with Crippen molar-refractivity contribution in [3.8, 4) is 0 Å². The Labute approximate surface area is 113 Å². The molecule has 0 saturated heterocycles. The second-order valence-corrected chi connectivity index (χ2v) is 5.97. The molecule has 1 aromatic carbocycles. The van der Waals surface area contributed by atoms with E-state index in [-0.39, 0.29) is 0 Å². The molecule has 2 nitrogen and oxygen atoms in total. The number of rotatable bonds is 3. The number of anilines is 1. The first-order valence-electron chi connectivity index (χ1n) is 5.47. The van der Waals surface area contributed by atoms with E-state index in [1.165, 1.54) is 21.7 Å². The van der Waals surface area contributed by atoms with Gasteiger partial charge >= 0.3 is 0 Å². The number of fused-ring (bicyclic) bond motifs is 1. The summed E-state index contributed by atoms with van der Waals surface area (Å²) in [7, 11) is 0. The lowest BCUT2D eigenvalue weighted by Gasteiger charge is -2.06. The van der Waals surface area contributed by atoms with Crippen molar-refractivity contribution >= 4 is 33.0 Å². The van der Waals surface area contributed by atoms with Crippen molar-refractivity contribution in [1.29, 1.82) is 0 Å². The van der Waals surface area contributed by atoms with E-state index < -0.39 is 0 Å². The Morgan fingerprint density at radius 3 is 2.94 bits per heavy atom. The first kappa shape index (κ1) is 11.3. The summed E-state index contributed by atoms with van der Waals surface area (Å²) in [6.45, 7) is 2.37. The van der Waals surface area contributed by atoms with Gasteiger partial charge in [-0.3, -0.25) is 0 Å². The molecule has 0 unspecified atom stereocenters. The molecule has 0 radical (unpaired) electrons. The van der Waals surface area contributed by atoms with Crippen LogP contribution in [0.3, 0.4) is 0 Å². The van der Waals surface area contributed by atoms with Gasteiger partial charge in [-0.1, -0.05) is 6.07 Å². The van der Waals surface area contributed by atoms with Gasteiger partial charge in [0.1, 0.15) is 0 Å². The number of ether oxygens (including phenoxy) is 1. The second kappa shape index (κ2) is 4.80. The molecule has 0 bridgehead atoms. The largest absolute Gasteiger partial charge is 0.380 e. The van der Waals surface area contributed by atoms with Crippen LogP contribution in [0.2, 0.25) is 0 Å². The number of hydrogen-bond acceptors (Lipinski definition) is 3. The van der Waals surface area contributed by atoms with Crippen LogP contribution in [0.1, 0.15) is 16.0 Å². The molecular formula is C13H12BrNOS. The summed E-state index contributed by atoms with van der Waals surface area (Å²) in [4.78, 5) is 1.33. The van der Waals surface area contributed by atoms with E-state index in [1.807, 2.05) is 0 Å². The average Bonchev–Trinajstić information content (AvgIpc) is 2.94. The van der Waals surface area contributed by atoms with Gasteiger partial charge in [-0.05, 0) is 45.3 Å². The van der Waals surface area contributed by atoms with Crippen molar-refractivity contribution in [2.24, 2.45) is 0 Å². The molecule has 2 heterocycles. The SMILES string of the molecule is Brc1csc(CNc2ccc3c(c2)COC3)c1. The van der Waals surface area contributed by atoms with Crippen molar-refractivity contribution in [1.82, 2.24) is 0 Å². The van der Waals surface area contributed by atoms with E-state index in [9.17, 15) is 0 Å². The van der Waals surface area contributed by atoms with Gasteiger partial charge in [-0.2, -0.15) is 0 Å². The molecule has 1 aromatic heterocycles. The summed E-state index contributed by atoms with van der Waals surface area (Å²) in [6.07, 6.45) is 0. The lowest BCUT2D eigenvalue weighted by molar-refractivity contribution is 0.134. The molecule has 17 heavy (non-hydrogen) atoms. The summed E-state index contributed by atoms with van der Waals surface area (Å²) >= 11 is 5.23. The van der Waals surface area contributed by atoms with Crippen LogP contribution in [0.15, 0.2) is 34.1 Å². The van der Waals surface area contributed by atoms with E-state index in [4.69, 9.17) is 4.74 Å². The lowest BCUT2D eigenvalue weighted by Crippen LogP contribution is -1.98. The van der Waals surface area contributed by atoms with E-state index >= 15 is 0 Å². The third-order valence-electron chi connectivity index (χ3n) is 2.81. The maximum atomic E-state index is 5.40. The predicted molar refractivity (Wildman–Crippen MR) is 74.3 cm³/mol. The lowest BCUT2D eigenvalue weighted by atomic mass is 10.1. The molecule has 0 amide bonds. The maximum Gasteiger partial charge on any atom is 0.0725 e. The highest BCUT2D eigenvalue weighted by Crippen LogP contribution is 2.24. The van der Waals surface area contributed by atoms with Crippen LogP contribution in [-0.2, 0) is 24.5 Å². The zero-order valence-electron chi connectivity index (χ0n) is 9.20. The van der Waals surface area contributed by atoms with Crippen LogP contribution in [0.4, 0.5) is 5.69 Å². The molecule has 0 saturated carbocycles. The zero-order valence-corrected chi connectivity index (χ0v) is 11.6. The van der Waals surface area contributed by atoms with Crippen molar-refractivity contribution in [3.05, 3.63) is 50.1 Å². The number of hydrogen-bond donors (Lipinski definition) is 1. The average molecular weight is 310 g/mol. The first-order valence-corrected chi connectivity index (χ1v) is 7.15. The van der Waals surface area contributed by atoms with Gasteiger partial charge in [0, 0.05) is 27.0 Å². The van der Waals surface area contributed by atoms with Crippen LogP contribution in [0.25, 0.3) is 0 Å². The number of benzene rings is 1. The highest BCUT2D eigenvalue weighted by molar-refractivity contribution is 9.10. The van der Waals surface area contributed by atoms with Gasteiger partial charge in [0.2, 0.25) is 0 Å². The second-order valence-electron chi connectivity index (χ2n) is 4.06. The Bertz CT molecular complexity index is 538. The zero-order chi connectivity index (χ0) is 11.7. The minimum Gasteiger partial charge on any atom is -0.380 e. The minimum atomic E-state index is 0.745. The summed E-state index contributed by atoms with van der Waals surface area (Å²) < 4.78 is 6.56. The van der Waals surface area contributed by atoms with Crippen LogP contribution < -0.4 is 5.32 Å². The van der Waals surface area contributed by atoms with Crippen LogP contribution in [-0.4, -0.2) is 0 Å². The maximum absolute atomic E-state index is 5.40. The summed E-state index contributed by atoms with van der Waals surface area (Å²) in [5, 5.41) is 5.54. The van der Waals surface area contributed by atoms with E-state index in [0.717, 1.165) is 24.2 Å². The highest BCUT2D eigenvalue weighted by atomic mass is 79.9. The summed E-state index contributed by atoms with van der Waals surface area (Å²) in [5.74, 6) is 0. The highest BCUT2D eigenvalue weighted by Gasteiger charge is 2.10. The molecule has 0 aliphatic carbocycles. The van der Waals surface area contributed by atoms with Gasteiger partial charge in [0.05, 0.1) is 13.2 Å². The monoisotopic (exact) mass is 309 g/mol. The smallest absolute Gasteiger partial charge is 0.0725 e. The molecule has 0 spiro atoms. The van der Waals surface area contributed by atoms with Crippen LogP contribution in [0.5, 0.6) is 0 Å². The summed E-state index contributed by atoms with van der Waals surface area (Å²) in [5.41, 5.74) is 3.79. The number of nitrogens with one attached hydrogen (secondary N) is 1. The Kier molecular flexibility index (Phi) is 3.18. The minimum absolute atomic E-state index is 0.745. The molecule has 1 N–H and O–H groups in total. The van der Waals surface area contributed by atoms with Gasteiger partial charge < -0.3 is 10.1 Å². The molecule has 0 atom stereocenters. The summed E-state index contributed by atoms with van der Waals surface area (Å²) in [6, 6.07) is 8.60. The van der Waals surface area contributed by atoms with E-state index in [1.54, 1.807) is 11.3 Å². The third kappa shape index (κ3) is 2.54. The van der Waals surface area contributed by atoms with Crippen molar-refractivity contribution in [2.75, 3.05) is 5.32 Å². The van der Waals surface area contributed by atoms with Crippen molar-refractivity contribution in [3.63, 3.8) is 0 Å². The van der Waals surface area contributed by atoms with Crippen molar-refractivity contribution < 1.29 is 4.74 Å². The van der Waals surface area contributed by atoms with Gasteiger partial charge in [-0.15, -0.1) is 11.3 Å². The molecular weight excluding hydrogens is 298 g/mol. The fraction of sp³-hybridized carbons (Fsp3) is 0.231. The van der Waals surface area contributed by atoms with E-state index in [0.29, 0.717) is 0 Å². The Morgan fingerprint density at radius 2 is 2.12 bits per heavy atom. The molecule has 1 aliphatic rings. The Hall–Kier alpha value is -0.840. The molecule has 88 valence electrons. The van der Waals surface area contributed by atoms with Crippen LogP contribution >= 0.6 is 27.3 Å². The van der Waals surface area contributed by atoms with Crippen LogP contribution in [0, 0.1) is 0 Å². The Morgan fingerprint density at radius 1 is 1.24 bits per heavy atom. The quantitative estimate of drug-likeness (QED) is 0.919. The number of thiophene rings is 1. The topological polar surface area (TPSA) is 21.3 Å². The normalized spacial score (nSPS) is 13.7. The Balaban J connectivity index is 1.69. The predicted octanol–water partition coefficient (Wildman–Crippen LogP) is 4.15. The molecule has 0 fully saturated rings. The number of halogens is 1. The molecule has 4 heteroatoms. The first-order chi connectivity index (χ1) is 8.31. The van der Waals surface area contributed by atoms with Gasteiger partial charge in [0.15, 0.2) is 0 Å². The molecule has 3 rings (SSSR count). The third-order valence-corrected chi connectivity index (χ3v) is 4.51. The molecule has 1 aliphatic heterocycles. The van der Waals surface area contributed by atoms with Gasteiger partial charge in [-0.25, -0.2) is 0 Å². The fourth-order valence-electron chi connectivity index (χ4n) is 1.92. The fourth-order valence-corrected chi connectivity index (χ4v) is 3.31. The van der Waals surface area contributed by atoms with Gasteiger partial charge in [0.25, 0.3) is 0 Å².